The normalized spacial score (nSPS) is 17.9. The van der Waals surface area contributed by atoms with E-state index in [4.69, 9.17) is 11.6 Å². The molecule has 1 saturated heterocycles. The second kappa shape index (κ2) is 5.76. The summed E-state index contributed by atoms with van der Waals surface area (Å²) in [6.45, 7) is 8.89. The highest BCUT2D eigenvalue weighted by atomic mass is 35.5. The first-order valence-corrected chi connectivity index (χ1v) is 7.73. The average molecular weight is 292 g/mol. The lowest BCUT2D eigenvalue weighted by atomic mass is 10.2. The molecular weight excluding hydrogens is 270 g/mol. The van der Waals surface area contributed by atoms with Crippen LogP contribution >= 0.6 is 11.6 Å². The molecule has 0 aliphatic carbocycles. The van der Waals surface area contributed by atoms with Gasteiger partial charge in [0.1, 0.15) is 0 Å². The minimum atomic E-state index is 0.817. The Kier molecular flexibility index (Phi) is 4.01. The van der Waals surface area contributed by atoms with E-state index in [1.54, 1.807) is 0 Å². The molecule has 2 aromatic rings. The number of halogens is 1. The Morgan fingerprint density at radius 3 is 2.55 bits per heavy atom. The number of benzene rings is 1. The summed E-state index contributed by atoms with van der Waals surface area (Å²) < 4.78 is 2.41. The van der Waals surface area contributed by atoms with Gasteiger partial charge in [0.05, 0.1) is 0 Å². The molecule has 108 valence electrons. The van der Waals surface area contributed by atoms with E-state index >= 15 is 0 Å². The van der Waals surface area contributed by atoms with Crippen molar-refractivity contribution in [2.75, 3.05) is 33.2 Å². The minimum Gasteiger partial charge on any atom is -0.344 e. The number of hydrogen-bond donors (Lipinski definition) is 0. The third-order valence-corrected chi connectivity index (χ3v) is 4.48. The Morgan fingerprint density at radius 2 is 1.85 bits per heavy atom. The van der Waals surface area contributed by atoms with Crippen molar-refractivity contribution < 1.29 is 0 Å². The lowest BCUT2D eigenvalue weighted by Crippen LogP contribution is -2.44. The van der Waals surface area contributed by atoms with Crippen LogP contribution in [0.15, 0.2) is 24.3 Å². The van der Waals surface area contributed by atoms with Gasteiger partial charge in [0.2, 0.25) is 0 Å². The molecule has 0 atom stereocenters. The molecule has 4 heteroatoms. The number of rotatable bonds is 3. The van der Waals surface area contributed by atoms with Gasteiger partial charge in [-0.25, -0.2) is 0 Å². The van der Waals surface area contributed by atoms with Crippen LogP contribution in [0.5, 0.6) is 0 Å². The van der Waals surface area contributed by atoms with Gasteiger partial charge in [-0.05, 0) is 38.2 Å². The SMILES string of the molecule is CCn1c(CN2CCN(C)CC2)cc2cc(Cl)ccc21. The average Bonchev–Trinajstić information content (AvgIpc) is 2.77. The van der Waals surface area contributed by atoms with Gasteiger partial charge in [-0.1, -0.05) is 11.6 Å². The van der Waals surface area contributed by atoms with Crippen molar-refractivity contribution in [1.82, 2.24) is 14.4 Å². The topological polar surface area (TPSA) is 11.4 Å². The molecule has 0 unspecified atom stereocenters. The fourth-order valence-electron chi connectivity index (χ4n) is 3.04. The Balaban J connectivity index is 1.87. The van der Waals surface area contributed by atoms with Crippen molar-refractivity contribution in [3.05, 3.63) is 35.0 Å². The van der Waals surface area contributed by atoms with Crippen LogP contribution in [0.3, 0.4) is 0 Å². The minimum absolute atomic E-state index is 0.817. The number of likely N-dealkylation sites (N-methyl/N-ethyl adjacent to an activating group) is 1. The maximum absolute atomic E-state index is 6.11. The Bertz CT molecular complexity index is 597. The summed E-state index contributed by atoms with van der Waals surface area (Å²) in [6.07, 6.45) is 0. The highest BCUT2D eigenvalue weighted by Gasteiger charge is 2.16. The van der Waals surface area contributed by atoms with E-state index in [1.165, 1.54) is 16.6 Å². The van der Waals surface area contributed by atoms with Crippen LogP contribution in [0.1, 0.15) is 12.6 Å². The third kappa shape index (κ3) is 2.71. The molecule has 3 nitrogen and oxygen atoms in total. The Hall–Kier alpha value is -1.03. The van der Waals surface area contributed by atoms with Gasteiger partial charge < -0.3 is 9.47 Å². The molecule has 3 rings (SSSR count). The molecule has 2 heterocycles. The monoisotopic (exact) mass is 291 g/mol. The van der Waals surface area contributed by atoms with Crippen molar-refractivity contribution in [2.24, 2.45) is 0 Å². The summed E-state index contributed by atoms with van der Waals surface area (Å²) in [5.74, 6) is 0. The zero-order chi connectivity index (χ0) is 14.1. The zero-order valence-electron chi connectivity index (χ0n) is 12.3. The number of nitrogens with zero attached hydrogens (tertiary/aromatic N) is 3. The van der Waals surface area contributed by atoms with E-state index in [2.05, 4.69) is 46.5 Å². The van der Waals surface area contributed by atoms with E-state index in [0.29, 0.717) is 0 Å². The van der Waals surface area contributed by atoms with Gasteiger partial charge >= 0.3 is 0 Å². The molecule has 0 spiro atoms. The van der Waals surface area contributed by atoms with Crippen molar-refractivity contribution >= 4 is 22.5 Å². The van der Waals surface area contributed by atoms with Gasteiger partial charge in [0.15, 0.2) is 0 Å². The molecule has 0 N–H and O–H groups in total. The van der Waals surface area contributed by atoms with Gasteiger partial charge in [-0.3, -0.25) is 4.90 Å². The summed E-state index contributed by atoms with van der Waals surface area (Å²) in [5, 5.41) is 2.07. The van der Waals surface area contributed by atoms with E-state index in [1.807, 2.05) is 6.07 Å². The van der Waals surface area contributed by atoms with Crippen LogP contribution in [0.25, 0.3) is 10.9 Å². The maximum atomic E-state index is 6.11. The largest absolute Gasteiger partial charge is 0.344 e. The van der Waals surface area contributed by atoms with Crippen molar-refractivity contribution in [3.63, 3.8) is 0 Å². The fraction of sp³-hybridized carbons (Fsp3) is 0.500. The van der Waals surface area contributed by atoms with Gasteiger partial charge in [-0.15, -0.1) is 0 Å². The molecule has 1 fully saturated rings. The van der Waals surface area contributed by atoms with Crippen molar-refractivity contribution in [1.29, 1.82) is 0 Å². The predicted molar refractivity (Wildman–Crippen MR) is 85.4 cm³/mol. The molecule has 1 aromatic carbocycles. The maximum Gasteiger partial charge on any atom is 0.0483 e. The number of aryl methyl sites for hydroxylation is 1. The first-order valence-electron chi connectivity index (χ1n) is 7.36. The molecule has 20 heavy (non-hydrogen) atoms. The Morgan fingerprint density at radius 1 is 1.10 bits per heavy atom. The zero-order valence-corrected chi connectivity index (χ0v) is 13.0. The highest BCUT2D eigenvalue weighted by molar-refractivity contribution is 6.31. The van der Waals surface area contributed by atoms with Gasteiger partial charge in [0, 0.05) is 60.9 Å². The van der Waals surface area contributed by atoms with Crippen LogP contribution in [-0.4, -0.2) is 47.6 Å². The predicted octanol–water partition coefficient (Wildman–Crippen LogP) is 3.06. The van der Waals surface area contributed by atoms with Gasteiger partial charge in [-0.2, -0.15) is 0 Å². The Labute approximate surface area is 125 Å². The summed E-state index contributed by atoms with van der Waals surface area (Å²) in [7, 11) is 2.20. The van der Waals surface area contributed by atoms with Gasteiger partial charge in [0.25, 0.3) is 0 Å². The molecule has 0 radical (unpaired) electrons. The molecule has 0 bridgehead atoms. The molecule has 0 amide bonds. The van der Waals surface area contributed by atoms with E-state index < -0.39 is 0 Å². The number of fused-ring (bicyclic) bond motifs is 1. The van der Waals surface area contributed by atoms with Crippen molar-refractivity contribution in [2.45, 2.75) is 20.0 Å². The van der Waals surface area contributed by atoms with Crippen LogP contribution in [0, 0.1) is 0 Å². The lowest BCUT2D eigenvalue weighted by Gasteiger charge is -2.32. The second-order valence-corrected chi connectivity index (χ2v) is 6.10. The van der Waals surface area contributed by atoms with Crippen molar-refractivity contribution in [3.8, 4) is 0 Å². The van der Waals surface area contributed by atoms with Crippen LogP contribution in [0.2, 0.25) is 5.02 Å². The molecule has 1 aliphatic heterocycles. The fourth-order valence-corrected chi connectivity index (χ4v) is 3.22. The standard InChI is InChI=1S/C16H22ClN3/c1-3-20-15(12-19-8-6-18(2)7-9-19)11-13-10-14(17)4-5-16(13)20/h4-5,10-11H,3,6-9,12H2,1-2H3. The third-order valence-electron chi connectivity index (χ3n) is 4.25. The van der Waals surface area contributed by atoms with Crippen LogP contribution in [0.4, 0.5) is 0 Å². The highest BCUT2D eigenvalue weighted by Crippen LogP contribution is 2.24. The summed E-state index contributed by atoms with van der Waals surface area (Å²) >= 11 is 6.11. The summed E-state index contributed by atoms with van der Waals surface area (Å²) in [6, 6.07) is 8.48. The number of hydrogen-bond acceptors (Lipinski definition) is 2. The summed E-state index contributed by atoms with van der Waals surface area (Å²) in [4.78, 5) is 4.94. The molecule has 1 aromatic heterocycles. The second-order valence-electron chi connectivity index (χ2n) is 5.66. The molecule has 1 aliphatic rings. The first-order chi connectivity index (χ1) is 9.67. The molecular formula is C16H22ClN3. The molecule has 0 saturated carbocycles. The van der Waals surface area contributed by atoms with Crippen LogP contribution < -0.4 is 0 Å². The quantitative estimate of drug-likeness (QED) is 0.861. The van der Waals surface area contributed by atoms with E-state index in [-0.39, 0.29) is 0 Å². The smallest absolute Gasteiger partial charge is 0.0483 e. The number of aromatic nitrogens is 1. The number of piperazine rings is 1. The first kappa shape index (κ1) is 13.9. The lowest BCUT2D eigenvalue weighted by molar-refractivity contribution is 0.146. The van der Waals surface area contributed by atoms with Crippen LogP contribution in [-0.2, 0) is 13.1 Å². The van der Waals surface area contributed by atoms with E-state index in [0.717, 1.165) is 44.3 Å². The van der Waals surface area contributed by atoms with E-state index in [9.17, 15) is 0 Å². The summed E-state index contributed by atoms with van der Waals surface area (Å²) in [5.41, 5.74) is 2.69.